The first-order valence-corrected chi connectivity index (χ1v) is 8.88. The lowest BCUT2D eigenvalue weighted by Crippen LogP contribution is -2.56. The minimum absolute atomic E-state index is 0.0122. The Labute approximate surface area is 137 Å². The molecule has 0 aromatic rings. The normalized spacial score (nSPS) is 46.3. The zero-order chi connectivity index (χ0) is 14.6. The van der Waals surface area contributed by atoms with Gasteiger partial charge in [0.2, 0.25) is 0 Å². The molecular weight excluding hydrogens is 391 g/mol. The zero-order valence-electron chi connectivity index (χ0n) is 11.9. The van der Waals surface area contributed by atoms with E-state index >= 15 is 0 Å². The molecule has 0 radical (unpaired) electrons. The molecule has 1 nitrogen and oxygen atoms in total. The van der Waals surface area contributed by atoms with Crippen LogP contribution in [0.15, 0.2) is 10.6 Å². The molecule has 0 N–H and O–H groups in total. The topological polar surface area (TPSA) is 17.1 Å². The van der Waals surface area contributed by atoms with Crippen LogP contribution in [0.2, 0.25) is 0 Å². The van der Waals surface area contributed by atoms with Gasteiger partial charge in [0, 0.05) is 21.6 Å². The summed E-state index contributed by atoms with van der Waals surface area (Å²) in [6.45, 7) is 8.41. The number of Topliss-reactive ketones (excluding diaryl/α,β-unsaturated/α-hetero) is 1. The monoisotopic (exact) mass is 410 g/mol. The van der Waals surface area contributed by atoms with Gasteiger partial charge in [-0.1, -0.05) is 58.7 Å². The molecule has 108 valence electrons. The Hall–Kier alpha value is 0.660. The third-order valence-electron chi connectivity index (χ3n) is 5.30. The Morgan fingerprint density at radius 3 is 2.42 bits per heavy atom. The molecule has 2 aliphatic rings. The first kappa shape index (κ1) is 16.0. The number of hydrogen-bond donors (Lipinski definition) is 0. The van der Waals surface area contributed by atoms with Crippen LogP contribution in [0.1, 0.15) is 47.0 Å². The molecule has 0 aliphatic heterocycles. The van der Waals surface area contributed by atoms with Gasteiger partial charge in [-0.15, -0.1) is 11.6 Å². The highest BCUT2D eigenvalue weighted by Crippen LogP contribution is 2.61. The molecule has 1 saturated carbocycles. The van der Waals surface area contributed by atoms with Crippen LogP contribution in [0.4, 0.5) is 0 Å². The molecule has 0 heterocycles. The molecule has 0 aromatic carbocycles. The van der Waals surface area contributed by atoms with Crippen LogP contribution in [0.25, 0.3) is 0 Å². The van der Waals surface area contributed by atoms with Crippen molar-refractivity contribution < 1.29 is 4.79 Å². The number of carbonyl (C=O) groups is 1. The second-order valence-corrected chi connectivity index (χ2v) is 9.65. The maximum atomic E-state index is 12.9. The average Bonchev–Trinajstić information content (AvgIpc) is 2.30. The third kappa shape index (κ3) is 2.28. The highest BCUT2D eigenvalue weighted by molar-refractivity contribution is 9.11. The van der Waals surface area contributed by atoms with E-state index < -0.39 is 0 Å². The summed E-state index contributed by atoms with van der Waals surface area (Å²) in [5.41, 5.74) is -0.460. The Morgan fingerprint density at radius 1 is 1.32 bits per heavy atom. The Kier molecular flexibility index (Phi) is 4.09. The van der Waals surface area contributed by atoms with E-state index in [1.165, 1.54) is 0 Å². The number of carbonyl (C=O) groups excluding carboxylic acids is 1. The van der Waals surface area contributed by atoms with Crippen molar-refractivity contribution in [2.45, 2.75) is 56.7 Å². The summed E-state index contributed by atoms with van der Waals surface area (Å²) in [7, 11) is 0. The van der Waals surface area contributed by atoms with Crippen molar-refractivity contribution in [3.63, 3.8) is 0 Å². The molecule has 19 heavy (non-hydrogen) atoms. The lowest BCUT2D eigenvalue weighted by atomic mass is 9.51. The van der Waals surface area contributed by atoms with Gasteiger partial charge in [-0.25, -0.2) is 0 Å². The summed E-state index contributed by atoms with van der Waals surface area (Å²) in [4.78, 5) is 12.8. The number of rotatable bonds is 0. The van der Waals surface area contributed by atoms with Gasteiger partial charge in [-0.05, 0) is 30.7 Å². The van der Waals surface area contributed by atoms with Gasteiger partial charge >= 0.3 is 0 Å². The van der Waals surface area contributed by atoms with Gasteiger partial charge in [0.1, 0.15) is 5.78 Å². The zero-order valence-corrected chi connectivity index (χ0v) is 15.8. The quantitative estimate of drug-likeness (QED) is 0.484. The minimum Gasteiger partial charge on any atom is -0.298 e. The average molecular weight is 413 g/mol. The van der Waals surface area contributed by atoms with Crippen molar-refractivity contribution in [1.29, 1.82) is 0 Å². The van der Waals surface area contributed by atoms with E-state index in [1.54, 1.807) is 0 Å². The highest BCUT2D eigenvalue weighted by atomic mass is 79.9. The predicted molar refractivity (Wildman–Crippen MR) is 88.2 cm³/mol. The number of hydrogen-bond acceptors (Lipinski definition) is 1. The molecule has 2 rings (SSSR count). The first-order valence-electron chi connectivity index (χ1n) is 6.80. The van der Waals surface area contributed by atoms with Gasteiger partial charge in [-0.2, -0.15) is 0 Å². The summed E-state index contributed by atoms with van der Waals surface area (Å²) in [6, 6.07) is 0. The third-order valence-corrected chi connectivity index (χ3v) is 8.60. The number of halogens is 3. The molecule has 0 amide bonds. The molecule has 0 aromatic heterocycles. The fourth-order valence-corrected chi connectivity index (χ4v) is 5.23. The standard InChI is InChI=1S/C15H21Br2ClO/c1-9-7-10(16)13(2,3)15(12(9)19)6-5-14(4,18)11(17)8-15/h7,9,11H,5-6,8H2,1-4H3. The Bertz CT molecular complexity index is 441. The fourth-order valence-electron chi connectivity index (χ4n) is 3.50. The van der Waals surface area contributed by atoms with Crippen LogP contribution in [-0.2, 0) is 4.79 Å². The van der Waals surface area contributed by atoms with E-state index in [0.29, 0.717) is 5.78 Å². The molecule has 4 unspecified atom stereocenters. The summed E-state index contributed by atoms with van der Waals surface area (Å²) in [5.74, 6) is 0.360. The maximum Gasteiger partial charge on any atom is 0.146 e. The molecular formula is C15H21Br2ClO. The van der Waals surface area contributed by atoms with Crippen LogP contribution in [0.3, 0.4) is 0 Å². The van der Waals surface area contributed by atoms with Gasteiger partial charge in [0.05, 0.1) is 4.87 Å². The van der Waals surface area contributed by atoms with E-state index in [1.807, 2.05) is 6.92 Å². The number of alkyl halides is 2. The van der Waals surface area contributed by atoms with E-state index in [0.717, 1.165) is 23.7 Å². The van der Waals surface area contributed by atoms with Gasteiger partial charge in [0.25, 0.3) is 0 Å². The molecule has 4 atom stereocenters. The predicted octanol–water partition coefficient (Wildman–Crippen LogP) is 5.44. The summed E-state index contributed by atoms with van der Waals surface area (Å²) < 4.78 is 1.16. The fraction of sp³-hybridized carbons (Fsp3) is 0.800. The molecule has 0 saturated heterocycles. The molecule has 1 fully saturated rings. The highest BCUT2D eigenvalue weighted by Gasteiger charge is 2.59. The summed E-state index contributed by atoms with van der Waals surface area (Å²) >= 11 is 14.0. The van der Waals surface area contributed by atoms with Crippen LogP contribution in [0.5, 0.6) is 0 Å². The van der Waals surface area contributed by atoms with E-state index in [2.05, 4.69) is 58.7 Å². The molecule has 4 heteroatoms. The van der Waals surface area contributed by atoms with Crippen molar-refractivity contribution in [2.24, 2.45) is 16.7 Å². The van der Waals surface area contributed by atoms with Crippen molar-refractivity contribution in [3.8, 4) is 0 Å². The largest absolute Gasteiger partial charge is 0.298 e. The van der Waals surface area contributed by atoms with E-state index in [-0.39, 0.29) is 26.4 Å². The van der Waals surface area contributed by atoms with Crippen LogP contribution < -0.4 is 0 Å². The van der Waals surface area contributed by atoms with Crippen molar-refractivity contribution in [2.75, 3.05) is 0 Å². The minimum atomic E-state index is -0.303. The maximum absolute atomic E-state index is 12.9. The lowest BCUT2D eigenvalue weighted by Gasteiger charge is -2.55. The van der Waals surface area contributed by atoms with Crippen molar-refractivity contribution >= 4 is 49.2 Å². The second-order valence-electron chi connectivity index (χ2n) is 6.82. The van der Waals surface area contributed by atoms with Gasteiger partial charge in [-0.3, -0.25) is 4.79 Å². The van der Waals surface area contributed by atoms with Gasteiger partial charge < -0.3 is 0 Å². The molecule has 0 bridgehead atoms. The SMILES string of the molecule is CC1C=C(Br)C(C)(C)C2(CCC(C)(Cl)C(Br)C2)C1=O. The number of allylic oxidation sites excluding steroid dienone is 2. The lowest BCUT2D eigenvalue weighted by molar-refractivity contribution is -0.141. The molecule has 1 spiro atoms. The van der Waals surface area contributed by atoms with Crippen LogP contribution in [-0.4, -0.2) is 15.5 Å². The number of ketones is 1. The smallest absolute Gasteiger partial charge is 0.146 e. The second kappa shape index (κ2) is 4.84. The van der Waals surface area contributed by atoms with Gasteiger partial charge in [0.15, 0.2) is 0 Å². The van der Waals surface area contributed by atoms with Crippen LogP contribution >= 0.6 is 43.5 Å². The summed E-state index contributed by atoms with van der Waals surface area (Å²) in [5, 5.41) is 0. The Balaban J connectivity index is 2.48. The Morgan fingerprint density at radius 2 is 1.89 bits per heavy atom. The van der Waals surface area contributed by atoms with Crippen molar-refractivity contribution in [1.82, 2.24) is 0 Å². The van der Waals surface area contributed by atoms with E-state index in [4.69, 9.17) is 11.6 Å². The van der Waals surface area contributed by atoms with Crippen molar-refractivity contribution in [3.05, 3.63) is 10.6 Å². The van der Waals surface area contributed by atoms with Crippen LogP contribution in [0, 0.1) is 16.7 Å². The first-order chi connectivity index (χ1) is 8.54. The molecule has 2 aliphatic carbocycles. The summed E-state index contributed by atoms with van der Waals surface area (Å²) in [6.07, 6.45) is 4.61. The van der Waals surface area contributed by atoms with E-state index in [9.17, 15) is 4.79 Å².